The van der Waals surface area contributed by atoms with Crippen LogP contribution in [0.4, 0.5) is 5.82 Å². The highest BCUT2D eigenvalue weighted by Gasteiger charge is 2.20. The van der Waals surface area contributed by atoms with Gasteiger partial charge in [-0.3, -0.25) is 4.98 Å². The van der Waals surface area contributed by atoms with E-state index in [1.54, 1.807) is 0 Å². The van der Waals surface area contributed by atoms with Crippen molar-refractivity contribution in [1.82, 2.24) is 14.9 Å². The van der Waals surface area contributed by atoms with Gasteiger partial charge in [-0.25, -0.2) is 4.98 Å². The van der Waals surface area contributed by atoms with Gasteiger partial charge in [-0.1, -0.05) is 31.2 Å². The van der Waals surface area contributed by atoms with Crippen molar-refractivity contribution in [2.45, 2.75) is 25.7 Å². The molecule has 2 aromatic heterocycles. The van der Waals surface area contributed by atoms with Crippen molar-refractivity contribution < 1.29 is 4.74 Å². The minimum Gasteiger partial charge on any atom is -0.381 e. The molecule has 30 heavy (non-hydrogen) atoms. The summed E-state index contributed by atoms with van der Waals surface area (Å²) in [5.41, 5.74) is 3.27. The highest BCUT2D eigenvalue weighted by atomic mass is 16.5. The number of piperazine rings is 1. The molecule has 0 bridgehead atoms. The van der Waals surface area contributed by atoms with Crippen LogP contribution in [0.3, 0.4) is 0 Å². The number of likely N-dealkylation sites (N-methyl/N-ethyl adjacent to an activating group) is 1. The van der Waals surface area contributed by atoms with Crippen LogP contribution in [-0.2, 0) is 4.74 Å². The maximum atomic E-state index is 5.49. The first-order valence-electron chi connectivity index (χ1n) is 11.2. The minimum atomic E-state index is 0.516. The predicted octanol–water partition coefficient (Wildman–Crippen LogP) is 4.33. The second kappa shape index (κ2) is 8.70. The Morgan fingerprint density at radius 2 is 1.80 bits per heavy atom. The number of nitrogens with zero attached hydrogens (tertiary/aromatic N) is 4. The fourth-order valence-corrected chi connectivity index (χ4v) is 4.64. The summed E-state index contributed by atoms with van der Waals surface area (Å²) >= 11 is 0. The van der Waals surface area contributed by atoms with E-state index in [1.165, 1.54) is 16.5 Å². The quantitative estimate of drug-likeness (QED) is 0.650. The van der Waals surface area contributed by atoms with Crippen LogP contribution >= 0.6 is 0 Å². The summed E-state index contributed by atoms with van der Waals surface area (Å²) in [4.78, 5) is 14.9. The van der Waals surface area contributed by atoms with E-state index in [1.807, 2.05) is 6.20 Å². The van der Waals surface area contributed by atoms with Crippen LogP contribution < -0.4 is 4.90 Å². The van der Waals surface area contributed by atoms with Gasteiger partial charge in [0, 0.05) is 68.2 Å². The molecule has 0 aliphatic carbocycles. The standard InChI is InChI=1S/C25H30N4O/c1-2-28-11-13-29(14-12-28)25-22-6-4-3-5-20(22)17-24(27-25)21-7-8-23(26-18-21)19-9-15-30-16-10-19/h3-8,17-19H,2,9-16H2,1H3. The largest absolute Gasteiger partial charge is 0.381 e. The van der Waals surface area contributed by atoms with Gasteiger partial charge in [-0.05, 0) is 43.0 Å². The Kier molecular flexibility index (Phi) is 5.65. The zero-order valence-electron chi connectivity index (χ0n) is 17.8. The molecule has 0 unspecified atom stereocenters. The molecule has 5 nitrogen and oxygen atoms in total. The maximum absolute atomic E-state index is 5.49. The zero-order valence-corrected chi connectivity index (χ0v) is 17.8. The number of ether oxygens (including phenoxy) is 1. The lowest BCUT2D eigenvalue weighted by molar-refractivity contribution is 0.0845. The SMILES string of the molecule is CCN1CCN(c2nc(-c3ccc(C4CCOCC4)nc3)cc3ccccc23)CC1. The average molecular weight is 403 g/mol. The van der Waals surface area contributed by atoms with Crippen LogP contribution in [0, 0.1) is 0 Å². The molecule has 4 heterocycles. The molecule has 2 saturated heterocycles. The van der Waals surface area contributed by atoms with Gasteiger partial charge in [0.15, 0.2) is 0 Å². The van der Waals surface area contributed by atoms with Gasteiger partial charge in [0.2, 0.25) is 0 Å². The number of benzene rings is 1. The highest BCUT2D eigenvalue weighted by Crippen LogP contribution is 2.31. The second-order valence-corrected chi connectivity index (χ2v) is 8.33. The van der Waals surface area contributed by atoms with Crippen LogP contribution in [0.2, 0.25) is 0 Å². The number of aromatic nitrogens is 2. The van der Waals surface area contributed by atoms with E-state index in [-0.39, 0.29) is 0 Å². The Bertz CT molecular complexity index is 990. The summed E-state index contributed by atoms with van der Waals surface area (Å²) < 4.78 is 5.49. The molecular formula is C25H30N4O. The zero-order chi connectivity index (χ0) is 20.3. The lowest BCUT2D eigenvalue weighted by atomic mass is 9.95. The predicted molar refractivity (Wildman–Crippen MR) is 122 cm³/mol. The van der Waals surface area contributed by atoms with Crippen LogP contribution in [-0.4, -0.2) is 60.8 Å². The first kappa shape index (κ1) is 19.5. The molecule has 1 aromatic carbocycles. The monoisotopic (exact) mass is 402 g/mol. The van der Waals surface area contributed by atoms with E-state index in [2.05, 4.69) is 59.2 Å². The summed E-state index contributed by atoms with van der Waals surface area (Å²) in [7, 11) is 0. The summed E-state index contributed by atoms with van der Waals surface area (Å²) in [5.74, 6) is 1.62. The van der Waals surface area contributed by atoms with Crippen molar-refractivity contribution in [3.05, 3.63) is 54.4 Å². The normalized spacial score (nSPS) is 18.8. The van der Waals surface area contributed by atoms with E-state index in [0.29, 0.717) is 5.92 Å². The number of hydrogen-bond donors (Lipinski definition) is 0. The van der Waals surface area contributed by atoms with Gasteiger partial charge in [-0.15, -0.1) is 0 Å². The van der Waals surface area contributed by atoms with Crippen LogP contribution in [0.5, 0.6) is 0 Å². The second-order valence-electron chi connectivity index (χ2n) is 8.33. The molecule has 0 saturated carbocycles. The van der Waals surface area contributed by atoms with Gasteiger partial charge in [0.05, 0.1) is 5.69 Å². The maximum Gasteiger partial charge on any atom is 0.137 e. The Hall–Kier alpha value is -2.50. The first-order chi connectivity index (χ1) is 14.8. The average Bonchev–Trinajstić information content (AvgIpc) is 2.84. The third-order valence-electron chi connectivity index (χ3n) is 6.56. The van der Waals surface area contributed by atoms with E-state index in [4.69, 9.17) is 14.7 Å². The smallest absolute Gasteiger partial charge is 0.137 e. The molecule has 2 aliphatic heterocycles. The van der Waals surface area contributed by atoms with Gasteiger partial charge in [0.1, 0.15) is 5.82 Å². The lowest BCUT2D eigenvalue weighted by Crippen LogP contribution is -2.46. The van der Waals surface area contributed by atoms with Gasteiger partial charge < -0.3 is 14.5 Å². The fraction of sp³-hybridized carbons (Fsp3) is 0.440. The van der Waals surface area contributed by atoms with E-state index >= 15 is 0 Å². The molecule has 5 rings (SSSR count). The van der Waals surface area contributed by atoms with E-state index in [0.717, 1.165) is 75.9 Å². The van der Waals surface area contributed by atoms with Crippen molar-refractivity contribution in [2.75, 3.05) is 50.8 Å². The molecule has 3 aromatic rings. The molecule has 156 valence electrons. The van der Waals surface area contributed by atoms with Crippen LogP contribution in [0.1, 0.15) is 31.4 Å². The molecule has 0 radical (unpaired) electrons. The first-order valence-corrected chi connectivity index (χ1v) is 11.2. The van der Waals surface area contributed by atoms with Crippen molar-refractivity contribution in [3.8, 4) is 11.3 Å². The van der Waals surface area contributed by atoms with Crippen molar-refractivity contribution >= 4 is 16.6 Å². The minimum absolute atomic E-state index is 0.516. The molecule has 0 N–H and O–H groups in total. The number of anilines is 1. The number of rotatable bonds is 4. The highest BCUT2D eigenvalue weighted by molar-refractivity contribution is 5.95. The molecular weight excluding hydrogens is 372 g/mol. The van der Waals surface area contributed by atoms with Crippen LogP contribution in [0.15, 0.2) is 48.7 Å². The summed E-state index contributed by atoms with van der Waals surface area (Å²) in [5, 5.41) is 2.47. The third-order valence-corrected chi connectivity index (χ3v) is 6.56. The lowest BCUT2D eigenvalue weighted by Gasteiger charge is -2.35. The number of pyridine rings is 2. The van der Waals surface area contributed by atoms with Crippen LogP contribution in [0.25, 0.3) is 22.0 Å². The van der Waals surface area contributed by atoms with Gasteiger partial charge in [-0.2, -0.15) is 0 Å². The number of fused-ring (bicyclic) bond motifs is 1. The fourth-order valence-electron chi connectivity index (χ4n) is 4.64. The topological polar surface area (TPSA) is 41.5 Å². The molecule has 2 fully saturated rings. The summed E-state index contributed by atoms with van der Waals surface area (Å²) in [6, 6.07) is 15.2. The van der Waals surface area contributed by atoms with Gasteiger partial charge in [0.25, 0.3) is 0 Å². The van der Waals surface area contributed by atoms with Crippen molar-refractivity contribution in [3.63, 3.8) is 0 Å². The van der Waals surface area contributed by atoms with Crippen molar-refractivity contribution in [2.24, 2.45) is 0 Å². The molecule has 0 amide bonds. The van der Waals surface area contributed by atoms with E-state index < -0.39 is 0 Å². The van der Waals surface area contributed by atoms with Gasteiger partial charge >= 0.3 is 0 Å². The molecule has 0 atom stereocenters. The summed E-state index contributed by atoms with van der Waals surface area (Å²) in [6.45, 7) is 9.28. The Balaban J connectivity index is 1.47. The third kappa shape index (κ3) is 3.92. The molecule has 2 aliphatic rings. The summed E-state index contributed by atoms with van der Waals surface area (Å²) in [6.07, 6.45) is 4.13. The van der Waals surface area contributed by atoms with Crippen molar-refractivity contribution in [1.29, 1.82) is 0 Å². The number of hydrogen-bond acceptors (Lipinski definition) is 5. The molecule has 5 heteroatoms. The Labute approximate surface area is 178 Å². The Morgan fingerprint density at radius 1 is 1.00 bits per heavy atom. The van der Waals surface area contributed by atoms with E-state index in [9.17, 15) is 0 Å². The molecule has 0 spiro atoms. The Morgan fingerprint density at radius 3 is 2.53 bits per heavy atom.